The van der Waals surface area contributed by atoms with Crippen molar-refractivity contribution in [2.75, 3.05) is 0 Å². The van der Waals surface area contributed by atoms with Crippen LogP contribution in [0.2, 0.25) is 0 Å². The summed E-state index contributed by atoms with van der Waals surface area (Å²) < 4.78 is 18.0. The van der Waals surface area contributed by atoms with E-state index < -0.39 is 16.8 Å². The van der Waals surface area contributed by atoms with Crippen molar-refractivity contribution in [1.29, 1.82) is 0 Å². The number of nitro groups is 1. The molecule has 8 heteroatoms. The number of nitro benzene ring substituents is 1. The normalized spacial score (nSPS) is 12.4. The van der Waals surface area contributed by atoms with E-state index >= 15 is 0 Å². The van der Waals surface area contributed by atoms with Gasteiger partial charge in [-0.25, -0.2) is 4.39 Å². The van der Waals surface area contributed by atoms with Gasteiger partial charge < -0.3 is 10.3 Å². The lowest BCUT2D eigenvalue weighted by Gasteiger charge is -1.98. The van der Waals surface area contributed by atoms with E-state index in [9.17, 15) is 14.5 Å². The monoisotopic (exact) mass is 252 g/mol. The standard InChI is InChI=1S/C10H9FN4O3/c1-5(12)9-13-10(18-14-9)7-4-6(11)2-3-8(7)15(16)17/h2-5H,12H2,1H3. The average molecular weight is 252 g/mol. The molecule has 0 aliphatic rings. The molecule has 94 valence electrons. The fraction of sp³-hybridized carbons (Fsp3) is 0.200. The molecule has 1 heterocycles. The highest BCUT2D eigenvalue weighted by Gasteiger charge is 2.22. The molecule has 1 aromatic carbocycles. The summed E-state index contributed by atoms with van der Waals surface area (Å²) in [5, 5.41) is 14.4. The van der Waals surface area contributed by atoms with E-state index in [0.717, 1.165) is 18.2 Å². The minimum atomic E-state index is -0.648. The minimum Gasteiger partial charge on any atom is -0.334 e. The first-order chi connectivity index (χ1) is 8.49. The lowest BCUT2D eigenvalue weighted by Crippen LogP contribution is -2.06. The number of rotatable bonds is 3. The van der Waals surface area contributed by atoms with Gasteiger partial charge in [0.2, 0.25) is 0 Å². The van der Waals surface area contributed by atoms with E-state index in [1.54, 1.807) is 6.92 Å². The summed E-state index contributed by atoms with van der Waals surface area (Å²) in [6.45, 7) is 1.63. The van der Waals surface area contributed by atoms with Gasteiger partial charge in [-0.1, -0.05) is 5.16 Å². The molecule has 18 heavy (non-hydrogen) atoms. The molecule has 7 nitrogen and oxygen atoms in total. The molecule has 0 saturated carbocycles. The molecule has 1 unspecified atom stereocenters. The van der Waals surface area contributed by atoms with Crippen LogP contribution in [0.25, 0.3) is 11.5 Å². The molecular formula is C10H9FN4O3. The number of nitrogens with two attached hydrogens (primary N) is 1. The molecule has 1 atom stereocenters. The molecule has 0 amide bonds. The van der Waals surface area contributed by atoms with Crippen molar-refractivity contribution in [1.82, 2.24) is 10.1 Å². The number of hydrogen-bond donors (Lipinski definition) is 1. The molecule has 0 fully saturated rings. The van der Waals surface area contributed by atoms with E-state index in [2.05, 4.69) is 10.1 Å². The molecule has 0 aliphatic heterocycles. The molecule has 0 aliphatic carbocycles. The van der Waals surface area contributed by atoms with Gasteiger partial charge in [0.05, 0.1) is 11.0 Å². The van der Waals surface area contributed by atoms with Crippen LogP contribution in [0.5, 0.6) is 0 Å². The molecule has 0 radical (unpaired) electrons. The highest BCUT2D eigenvalue weighted by molar-refractivity contribution is 5.66. The number of benzene rings is 1. The third-order valence-electron chi connectivity index (χ3n) is 2.23. The molecule has 1 aromatic heterocycles. The predicted octanol–water partition coefficient (Wildman–Crippen LogP) is 1.80. The summed E-state index contributed by atoms with van der Waals surface area (Å²) in [5.74, 6) is -0.562. The third-order valence-corrected chi connectivity index (χ3v) is 2.23. The number of halogens is 1. The number of hydrogen-bond acceptors (Lipinski definition) is 6. The largest absolute Gasteiger partial charge is 0.334 e. The fourth-order valence-corrected chi connectivity index (χ4v) is 1.37. The highest BCUT2D eigenvalue weighted by atomic mass is 19.1. The summed E-state index contributed by atoms with van der Waals surface area (Å²) in [7, 11) is 0. The van der Waals surface area contributed by atoms with Crippen molar-refractivity contribution in [2.24, 2.45) is 5.73 Å². The zero-order chi connectivity index (χ0) is 13.3. The van der Waals surface area contributed by atoms with Gasteiger partial charge in [0.15, 0.2) is 5.82 Å². The molecule has 2 N–H and O–H groups in total. The van der Waals surface area contributed by atoms with Crippen LogP contribution in [0.4, 0.5) is 10.1 Å². The molecular weight excluding hydrogens is 243 g/mol. The Morgan fingerprint density at radius 3 is 2.83 bits per heavy atom. The van der Waals surface area contributed by atoms with Crippen molar-refractivity contribution in [2.45, 2.75) is 13.0 Å². The van der Waals surface area contributed by atoms with Crippen LogP contribution < -0.4 is 5.73 Å². The van der Waals surface area contributed by atoms with Crippen molar-refractivity contribution in [3.63, 3.8) is 0 Å². The van der Waals surface area contributed by atoms with Crippen LogP contribution >= 0.6 is 0 Å². The van der Waals surface area contributed by atoms with Crippen LogP contribution in [0.3, 0.4) is 0 Å². The van der Waals surface area contributed by atoms with E-state index in [0.29, 0.717) is 0 Å². The Morgan fingerprint density at radius 1 is 1.56 bits per heavy atom. The Kier molecular flexibility index (Phi) is 3.02. The molecule has 2 aromatic rings. The first kappa shape index (κ1) is 12.1. The first-order valence-corrected chi connectivity index (χ1v) is 5.02. The van der Waals surface area contributed by atoms with E-state index in [4.69, 9.17) is 10.3 Å². The average Bonchev–Trinajstić information content (AvgIpc) is 2.77. The van der Waals surface area contributed by atoms with Crippen molar-refractivity contribution < 1.29 is 13.8 Å². The predicted molar refractivity (Wildman–Crippen MR) is 58.9 cm³/mol. The van der Waals surface area contributed by atoms with Gasteiger partial charge in [0.25, 0.3) is 11.6 Å². The van der Waals surface area contributed by atoms with Gasteiger partial charge in [0.1, 0.15) is 11.4 Å². The summed E-state index contributed by atoms with van der Waals surface area (Å²) in [5.41, 5.74) is 5.16. The van der Waals surface area contributed by atoms with Gasteiger partial charge in [-0.3, -0.25) is 10.1 Å². The van der Waals surface area contributed by atoms with Crippen LogP contribution in [0.15, 0.2) is 22.7 Å². The Bertz CT molecular complexity index is 597. The molecule has 0 bridgehead atoms. The quantitative estimate of drug-likeness (QED) is 0.659. The highest BCUT2D eigenvalue weighted by Crippen LogP contribution is 2.29. The van der Waals surface area contributed by atoms with E-state index in [-0.39, 0.29) is 23.0 Å². The second kappa shape index (κ2) is 4.49. The van der Waals surface area contributed by atoms with Crippen LogP contribution in [0, 0.1) is 15.9 Å². The lowest BCUT2D eigenvalue weighted by atomic mass is 10.1. The zero-order valence-electron chi connectivity index (χ0n) is 9.33. The van der Waals surface area contributed by atoms with Gasteiger partial charge >= 0.3 is 0 Å². The second-order valence-corrected chi connectivity index (χ2v) is 3.66. The summed E-state index contributed by atoms with van der Waals surface area (Å²) in [6.07, 6.45) is 0. The maximum atomic E-state index is 13.1. The fourth-order valence-electron chi connectivity index (χ4n) is 1.37. The van der Waals surface area contributed by atoms with Crippen LogP contribution in [0.1, 0.15) is 18.8 Å². The molecule has 0 spiro atoms. The Labute approximate surface area is 101 Å². The Hall–Kier alpha value is -2.35. The van der Waals surface area contributed by atoms with Crippen LogP contribution in [-0.4, -0.2) is 15.1 Å². The summed E-state index contributed by atoms with van der Waals surface area (Å²) in [6, 6.07) is 2.52. The van der Waals surface area contributed by atoms with Crippen LogP contribution in [-0.2, 0) is 0 Å². The lowest BCUT2D eigenvalue weighted by molar-refractivity contribution is -0.384. The third kappa shape index (κ3) is 2.18. The minimum absolute atomic E-state index is 0.0700. The van der Waals surface area contributed by atoms with Crippen molar-refractivity contribution >= 4 is 5.69 Å². The summed E-state index contributed by atoms with van der Waals surface area (Å²) in [4.78, 5) is 14.1. The SMILES string of the molecule is CC(N)c1noc(-c2cc(F)ccc2[N+](=O)[O-])n1. The zero-order valence-corrected chi connectivity index (χ0v) is 9.33. The summed E-state index contributed by atoms with van der Waals surface area (Å²) >= 11 is 0. The molecule has 0 saturated heterocycles. The van der Waals surface area contributed by atoms with E-state index in [1.165, 1.54) is 0 Å². The second-order valence-electron chi connectivity index (χ2n) is 3.66. The molecule has 2 rings (SSSR count). The van der Waals surface area contributed by atoms with Crippen molar-refractivity contribution in [3.05, 3.63) is 40.0 Å². The van der Waals surface area contributed by atoms with Gasteiger partial charge in [-0.05, 0) is 19.1 Å². The van der Waals surface area contributed by atoms with Gasteiger partial charge in [-0.15, -0.1) is 0 Å². The van der Waals surface area contributed by atoms with E-state index in [1.807, 2.05) is 0 Å². The topological polar surface area (TPSA) is 108 Å². The maximum absolute atomic E-state index is 13.1. The number of aromatic nitrogens is 2. The Morgan fingerprint density at radius 2 is 2.28 bits per heavy atom. The Balaban J connectivity index is 2.54. The van der Waals surface area contributed by atoms with Gasteiger partial charge in [-0.2, -0.15) is 4.98 Å². The smallest absolute Gasteiger partial charge is 0.282 e. The maximum Gasteiger partial charge on any atom is 0.282 e. The van der Waals surface area contributed by atoms with Crippen molar-refractivity contribution in [3.8, 4) is 11.5 Å². The first-order valence-electron chi connectivity index (χ1n) is 5.02. The number of nitrogens with zero attached hydrogens (tertiary/aromatic N) is 3. The van der Waals surface area contributed by atoms with Gasteiger partial charge in [0, 0.05) is 6.07 Å².